The van der Waals surface area contributed by atoms with Gasteiger partial charge in [0.1, 0.15) is 18.4 Å². The molecule has 2 aromatic carbocycles. The van der Waals surface area contributed by atoms with E-state index in [1.807, 2.05) is 30.3 Å². The Morgan fingerprint density at radius 3 is 2.07 bits per heavy atom. The summed E-state index contributed by atoms with van der Waals surface area (Å²) in [5.41, 5.74) is 1.31. The van der Waals surface area contributed by atoms with Gasteiger partial charge in [-0.3, -0.25) is 4.79 Å². The zero-order chi connectivity index (χ0) is 30.3. The molecular formula is C33H50N4O4S. The number of unbranched alkanes of at least 4 members (excludes halogenated alkanes) is 10. The third kappa shape index (κ3) is 16.8. The molecule has 9 heteroatoms. The minimum atomic E-state index is -0.794. The van der Waals surface area contributed by atoms with Gasteiger partial charge in [0, 0.05) is 24.8 Å². The molecule has 0 saturated heterocycles. The molecular weight excluding hydrogens is 548 g/mol. The molecule has 0 fully saturated rings. The van der Waals surface area contributed by atoms with Crippen LogP contribution in [0.5, 0.6) is 5.75 Å². The van der Waals surface area contributed by atoms with Gasteiger partial charge in [-0.1, -0.05) is 101 Å². The average Bonchev–Trinajstić information content (AvgIpc) is 2.98. The van der Waals surface area contributed by atoms with Crippen LogP contribution in [0.3, 0.4) is 0 Å². The number of ether oxygens (including phenoxy) is 1. The van der Waals surface area contributed by atoms with Crippen molar-refractivity contribution < 1.29 is 19.4 Å². The smallest absolute Gasteiger partial charge is 0.408 e. The normalized spacial score (nSPS) is 11.4. The number of hydrogen-bond acceptors (Lipinski definition) is 5. The van der Waals surface area contributed by atoms with E-state index in [2.05, 4.69) is 28.2 Å². The highest BCUT2D eigenvalue weighted by Gasteiger charge is 2.21. The highest BCUT2D eigenvalue weighted by molar-refractivity contribution is 7.80. The van der Waals surface area contributed by atoms with Crippen LogP contribution in [0.25, 0.3) is 0 Å². The van der Waals surface area contributed by atoms with Crippen molar-refractivity contribution in [1.29, 1.82) is 0 Å². The van der Waals surface area contributed by atoms with Gasteiger partial charge in [-0.25, -0.2) is 4.79 Å². The lowest BCUT2D eigenvalue weighted by molar-refractivity contribution is -0.118. The SMILES string of the molecule is CCCCCCCCCCCCNC(=S)NCCCC[C@H](NC(=O)OCc1ccccc1)C(=O)Nc1cccc(O)c1. The number of amides is 2. The van der Waals surface area contributed by atoms with E-state index in [0.717, 1.165) is 24.9 Å². The van der Waals surface area contributed by atoms with E-state index in [1.54, 1.807) is 12.1 Å². The number of alkyl carbamates (subject to hydrolysis) is 1. The number of carbonyl (C=O) groups is 2. The molecule has 2 rings (SSSR count). The lowest BCUT2D eigenvalue weighted by Crippen LogP contribution is -2.44. The van der Waals surface area contributed by atoms with E-state index < -0.39 is 12.1 Å². The van der Waals surface area contributed by atoms with Gasteiger partial charge in [0.2, 0.25) is 5.91 Å². The summed E-state index contributed by atoms with van der Waals surface area (Å²) < 4.78 is 5.32. The fraction of sp³-hybridized carbons (Fsp3) is 0.545. The Morgan fingerprint density at radius 1 is 0.810 bits per heavy atom. The summed E-state index contributed by atoms with van der Waals surface area (Å²) in [4.78, 5) is 25.5. The lowest BCUT2D eigenvalue weighted by atomic mass is 10.1. The van der Waals surface area contributed by atoms with E-state index in [0.29, 0.717) is 30.2 Å². The third-order valence-corrected chi connectivity index (χ3v) is 7.24. The van der Waals surface area contributed by atoms with Gasteiger partial charge >= 0.3 is 6.09 Å². The molecule has 8 nitrogen and oxygen atoms in total. The largest absolute Gasteiger partial charge is 0.508 e. The Balaban J connectivity index is 1.64. The van der Waals surface area contributed by atoms with Gasteiger partial charge < -0.3 is 31.1 Å². The number of benzene rings is 2. The molecule has 5 N–H and O–H groups in total. The van der Waals surface area contributed by atoms with Gasteiger partial charge in [-0.15, -0.1) is 0 Å². The molecule has 0 bridgehead atoms. The first-order chi connectivity index (χ1) is 20.5. The summed E-state index contributed by atoms with van der Waals surface area (Å²) >= 11 is 5.40. The molecule has 0 heterocycles. The summed E-state index contributed by atoms with van der Waals surface area (Å²) in [6.07, 6.45) is 14.3. The average molecular weight is 599 g/mol. The van der Waals surface area contributed by atoms with Crippen molar-refractivity contribution in [3.05, 3.63) is 60.2 Å². The number of carbonyl (C=O) groups excluding carboxylic acids is 2. The number of nitrogens with one attached hydrogen (secondary N) is 4. The van der Waals surface area contributed by atoms with E-state index >= 15 is 0 Å². The highest BCUT2D eigenvalue weighted by atomic mass is 32.1. The maximum absolute atomic E-state index is 13.0. The molecule has 0 aliphatic rings. The first-order valence-electron chi connectivity index (χ1n) is 15.6. The van der Waals surface area contributed by atoms with E-state index in [4.69, 9.17) is 17.0 Å². The van der Waals surface area contributed by atoms with Crippen molar-refractivity contribution in [2.45, 2.75) is 103 Å². The molecule has 0 spiro atoms. The summed E-state index contributed by atoms with van der Waals surface area (Å²) in [5, 5.41) is 22.3. The van der Waals surface area contributed by atoms with Gasteiger partial charge in [0.15, 0.2) is 5.11 Å². The van der Waals surface area contributed by atoms with Crippen molar-refractivity contribution >= 4 is 35.0 Å². The zero-order valence-corrected chi connectivity index (χ0v) is 26.0. The van der Waals surface area contributed by atoms with Crippen LogP contribution in [0.4, 0.5) is 10.5 Å². The van der Waals surface area contributed by atoms with Crippen LogP contribution >= 0.6 is 12.2 Å². The van der Waals surface area contributed by atoms with E-state index in [1.165, 1.54) is 69.9 Å². The van der Waals surface area contributed by atoms with Crippen LogP contribution in [0.2, 0.25) is 0 Å². The molecule has 0 radical (unpaired) electrons. The van der Waals surface area contributed by atoms with E-state index in [9.17, 15) is 14.7 Å². The number of phenols is 1. The Kier molecular flexibility index (Phi) is 18.5. The first-order valence-corrected chi connectivity index (χ1v) is 16.0. The molecule has 42 heavy (non-hydrogen) atoms. The fourth-order valence-corrected chi connectivity index (χ4v) is 4.75. The molecule has 2 aromatic rings. The fourth-order valence-electron chi connectivity index (χ4n) is 4.54. The molecule has 232 valence electrons. The predicted molar refractivity (Wildman–Crippen MR) is 175 cm³/mol. The monoisotopic (exact) mass is 598 g/mol. The van der Waals surface area contributed by atoms with Gasteiger partial charge in [0.25, 0.3) is 0 Å². The molecule has 0 unspecified atom stereocenters. The van der Waals surface area contributed by atoms with Crippen LogP contribution in [-0.4, -0.2) is 41.4 Å². The summed E-state index contributed by atoms with van der Waals surface area (Å²) in [5.74, 6) is -0.331. The van der Waals surface area contributed by atoms with Crippen LogP contribution < -0.4 is 21.3 Å². The maximum Gasteiger partial charge on any atom is 0.408 e. The van der Waals surface area contributed by atoms with Crippen LogP contribution in [-0.2, 0) is 16.1 Å². The number of anilines is 1. The Labute approximate surface area is 257 Å². The second-order valence-electron chi connectivity index (χ2n) is 10.7. The zero-order valence-electron chi connectivity index (χ0n) is 25.2. The molecule has 0 aliphatic heterocycles. The highest BCUT2D eigenvalue weighted by Crippen LogP contribution is 2.16. The Bertz CT molecular complexity index is 1040. The van der Waals surface area contributed by atoms with Gasteiger partial charge in [-0.05, 0) is 55.6 Å². The van der Waals surface area contributed by atoms with Crippen molar-refractivity contribution in [3.8, 4) is 5.75 Å². The van der Waals surface area contributed by atoms with Crippen molar-refractivity contribution in [1.82, 2.24) is 16.0 Å². The van der Waals surface area contributed by atoms with E-state index in [-0.39, 0.29) is 18.3 Å². The van der Waals surface area contributed by atoms with Crippen molar-refractivity contribution in [2.75, 3.05) is 18.4 Å². The maximum atomic E-state index is 13.0. The number of hydrogen-bond donors (Lipinski definition) is 5. The molecule has 0 saturated carbocycles. The topological polar surface area (TPSA) is 112 Å². The second kappa shape index (κ2) is 22.3. The Hall–Kier alpha value is -3.33. The quantitative estimate of drug-likeness (QED) is 0.0764. The summed E-state index contributed by atoms with van der Waals surface area (Å²) in [7, 11) is 0. The predicted octanol–water partition coefficient (Wildman–Crippen LogP) is 7.18. The second-order valence-corrected chi connectivity index (χ2v) is 11.1. The van der Waals surface area contributed by atoms with Crippen molar-refractivity contribution in [3.63, 3.8) is 0 Å². The standard InChI is InChI=1S/C33H50N4O4S/c1-2-3-4-5-6-7-8-9-10-15-23-34-32(42)35-24-16-14-22-30(31(39)36-28-20-17-21-29(38)25-28)37-33(40)41-26-27-18-12-11-13-19-27/h11-13,17-21,25,30,38H,2-10,14-16,22-24,26H2,1H3,(H,36,39)(H,37,40)(H2,34,35,42)/t30-/m0/s1. The molecule has 0 aromatic heterocycles. The Morgan fingerprint density at radius 2 is 1.43 bits per heavy atom. The minimum Gasteiger partial charge on any atom is -0.508 e. The van der Waals surface area contributed by atoms with Crippen LogP contribution in [0, 0.1) is 0 Å². The number of rotatable bonds is 21. The van der Waals surface area contributed by atoms with Crippen LogP contribution in [0.1, 0.15) is 96.0 Å². The number of thiocarbonyl (C=S) groups is 1. The summed E-state index contributed by atoms with van der Waals surface area (Å²) in [6.45, 7) is 3.90. The summed E-state index contributed by atoms with van der Waals surface area (Å²) in [6, 6.07) is 14.9. The molecule has 2 amide bonds. The minimum absolute atomic E-state index is 0.0448. The van der Waals surface area contributed by atoms with Gasteiger partial charge in [-0.2, -0.15) is 0 Å². The lowest BCUT2D eigenvalue weighted by Gasteiger charge is -2.19. The number of phenolic OH excluding ortho intramolecular Hbond substituents is 1. The first kappa shape index (κ1) is 34.9. The molecule has 0 aliphatic carbocycles. The van der Waals surface area contributed by atoms with Gasteiger partial charge in [0.05, 0.1) is 0 Å². The van der Waals surface area contributed by atoms with Crippen molar-refractivity contribution in [2.24, 2.45) is 0 Å². The molecule has 1 atom stereocenters. The number of aromatic hydroxyl groups is 1. The third-order valence-electron chi connectivity index (χ3n) is 6.96. The van der Waals surface area contributed by atoms with Crippen LogP contribution in [0.15, 0.2) is 54.6 Å².